The molecule has 100 valence electrons. The molecule has 1 amide bonds. The molecular formula is C13H20N2O3. The second-order valence-corrected chi connectivity index (χ2v) is 3.81. The lowest BCUT2D eigenvalue weighted by atomic mass is 10.2. The largest absolute Gasteiger partial charge is 0.491 e. The fourth-order valence-corrected chi connectivity index (χ4v) is 1.36. The van der Waals surface area contributed by atoms with Gasteiger partial charge in [0, 0.05) is 19.2 Å². The molecule has 18 heavy (non-hydrogen) atoms. The summed E-state index contributed by atoms with van der Waals surface area (Å²) in [5.74, 6) is 0.737. The minimum absolute atomic E-state index is 0.0199. The normalized spacial score (nSPS) is 10.1. The number of nitrogens with two attached hydrogens (primary N) is 1. The number of anilines is 1. The summed E-state index contributed by atoms with van der Waals surface area (Å²) in [4.78, 5) is 11.5. The molecule has 1 aromatic rings. The van der Waals surface area contributed by atoms with E-state index >= 15 is 0 Å². The summed E-state index contributed by atoms with van der Waals surface area (Å²) in [7, 11) is 1.63. The lowest BCUT2D eigenvalue weighted by Crippen LogP contribution is -2.13. The van der Waals surface area contributed by atoms with Crippen LogP contribution in [0.3, 0.4) is 0 Å². The molecule has 0 aliphatic rings. The number of hydrogen-bond donors (Lipinski definition) is 2. The first-order chi connectivity index (χ1) is 8.76. The summed E-state index contributed by atoms with van der Waals surface area (Å²) in [5.41, 5.74) is 6.10. The summed E-state index contributed by atoms with van der Waals surface area (Å²) < 4.78 is 10.3. The third-order valence-electron chi connectivity index (χ3n) is 2.30. The van der Waals surface area contributed by atoms with Crippen LogP contribution in [-0.4, -0.2) is 32.8 Å². The van der Waals surface area contributed by atoms with Gasteiger partial charge in [0.1, 0.15) is 12.4 Å². The zero-order valence-electron chi connectivity index (χ0n) is 10.6. The number of hydrogen-bond acceptors (Lipinski definition) is 4. The van der Waals surface area contributed by atoms with Crippen LogP contribution in [0.4, 0.5) is 5.69 Å². The van der Waals surface area contributed by atoms with E-state index in [9.17, 15) is 4.79 Å². The molecule has 0 saturated carbocycles. The van der Waals surface area contributed by atoms with E-state index in [1.165, 1.54) is 0 Å². The van der Waals surface area contributed by atoms with E-state index < -0.39 is 0 Å². The van der Waals surface area contributed by atoms with Crippen molar-refractivity contribution in [1.29, 1.82) is 0 Å². The van der Waals surface area contributed by atoms with Gasteiger partial charge in [-0.2, -0.15) is 0 Å². The number of nitrogens with one attached hydrogen (secondary N) is 1. The van der Waals surface area contributed by atoms with Crippen LogP contribution in [0.25, 0.3) is 0 Å². The highest BCUT2D eigenvalue weighted by molar-refractivity contribution is 5.90. The van der Waals surface area contributed by atoms with Crippen LogP contribution in [-0.2, 0) is 9.53 Å². The van der Waals surface area contributed by atoms with Gasteiger partial charge in [0.05, 0.1) is 6.61 Å². The lowest BCUT2D eigenvalue weighted by Gasteiger charge is -2.07. The van der Waals surface area contributed by atoms with Crippen molar-refractivity contribution in [1.82, 2.24) is 0 Å². The number of rotatable bonds is 8. The minimum Gasteiger partial charge on any atom is -0.491 e. The van der Waals surface area contributed by atoms with Crippen LogP contribution in [0.5, 0.6) is 5.75 Å². The number of carbonyl (C=O) groups excluding carboxylic acids is 1. The average molecular weight is 252 g/mol. The zero-order chi connectivity index (χ0) is 13.2. The van der Waals surface area contributed by atoms with E-state index in [4.69, 9.17) is 15.2 Å². The predicted molar refractivity (Wildman–Crippen MR) is 70.7 cm³/mol. The Hall–Kier alpha value is -1.59. The third kappa shape index (κ3) is 5.65. The van der Waals surface area contributed by atoms with Crippen LogP contribution in [0, 0.1) is 0 Å². The summed E-state index contributed by atoms with van der Waals surface area (Å²) in [6.45, 7) is 1.59. The predicted octanol–water partition coefficient (Wildman–Crippen LogP) is 1.39. The van der Waals surface area contributed by atoms with E-state index in [-0.39, 0.29) is 5.91 Å². The maximum Gasteiger partial charge on any atom is 0.224 e. The van der Waals surface area contributed by atoms with E-state index in [0.717, 1.165) is 11.4 Å². The van der Waals surface area contributed by atoms with Crippen molar-refractivity contribution >= 4 is 11.6 Å². The van der Waals surface area contributed by atoms with Crippen LogP contribution < -0.4 is 15.8 Å². The Morgan fingerprint density at radius 2 is 2.00 bits per heavy atom. The van der Waals surface area contributed by atoms with E-state index in [1.54, 1.807) is 7.11 Å². The van der Waals surface area contributed by atoms with Crippen molar-refractivity contribution < 1.29 is 14.3 Å². The third-order valence-corrected chi connectivity index (χ3v) is 2.30. The molecule has 0 aliphatic heterocycles. The first kappa shape index (κ1) is 14.5. The van der Waals surface area contributed by atoms with Crippen LogP contribution >= 0.6 is 0 Å². The van der Waals surface area contributed by atoms with Gasteiger partial charge < -0.3 is 20.5 Å². The van der Waals surface area contributed by atoms with Crippen molar-refractivity contribution in [3.63, 3.8) is 0 Å². The standard InChI is InChI=1S/C13H20N2O3/c1-17-9-10-18-12-6-4-11(5-7-12)15-13(16)3-2-8-14/h4-7H,2-3,8-10,14H2,1H3,(H,15,16). The Kier molecular flexibility index (Phi) is 6.83. The second-order valence-electron chi connectivity index (χ2n) is 3.81. The zero-order valence-corrected chi connectivity index (χ0v) is 10.6. The van der Waals surface area contributed by atoms with Gasteiger partial charge in [0.25, 0.3) is 0 Å². The highest BCUT2D eigenvalue weighted by Crippen LogP contribution is 2.15. The van der Waals surface area contributed by atoms with Gasteiger partial charge in [-0.05, 0) is 37.2 Å². The smallest absolute Gasteiger partial charge is 0.224 e. The quantitative estimate of drug-likeness (QED) is 0.686. The van der Waals surface area contributed by atoms with Crippen molar-refractivity contribution in [2.45, 2.75) is 12.8 Å². The van der Waals surface area contributed by atoms with Crippen LogP contribution in [0.15, 0.2) is 24.3 Å². The molecule has 0 spiro atoms. The molecule has 5 nitrogen and oxygen atoms in total. The molecule has 3 N–H and O–H groups in total. The Bertz CT molecular complexity index is 352. The molecule has 0 saturated heterocycles. The maximum atomic E-state index is 11.5. The molecule has 5 heteroatoms. The Morgan fingerprint density at radius 3 is 2.61 bits per heavy atom. The first-order valence-corrected chi connectivity index (χ1v) is 5.98. The molecule has 0 bridgehead atoms. The van der Waals surface area contributed by atoms with E-state index in [1.807, 2.05) is 24.3 Å². The van der Waals surface area contributed by atoms with Crippen LogP contribution in [0.2, 0.25) is 0 Å². The number of carbonyl (C=O) groups is 1. The van der Waals surface area contributed by atoms with Gasteiger partial charge in [-0.25, -0.2) is 0 Å². The van der Waals surface area contributed by atoms with Gasteiger partial charge in [-0.3, -0.25) is 4.79 Å². The van der Waals surface area contributed by atoms with E-state index in [2.05, 4.69) is 5.32 Å². The molecule has 0 unspecified atom stereocenters. The first-order valence-electron chi connectivity index (χ1n) is 5.98. The summed E-state index contributed by atoms with van der Waals surface area (Å²) >= 11 is 0. The lowest BCUT2D eigenvalue weighted by molar-refractivity contribution is -0.116. The molecule has 1 aromatic carbocycles. The van der Waals surface area contributed by atoms with Crippen molar-refractivity contribution in [3.05, 3.63) is 24.3 Å². The molecule has 0 aliphatic carbocycles. The number of benzene rings is 1. The summed E-state index contributed by atoms with van der Waals surface area (Å²) in [6, 6.07) is 7.24. The molecule has 0 radical (unpaired) electrons. The van der Waals surface area contributed by atoms with E-state index in [0.29, 0.717) is 32.6 Å². The number of ether oxygens (including phenoxy) is 2. The van der Waals surface area contributed by atoms with Gasteiger partial charge in [0.2, 0.25) is 5.91 Å². The fraction of sp³-hybridized carbons (Fsp3) is 0.462. The number of amides is 1. The Labute approximate surface area is 107 Å². The van der Waals surface area contributed by atoms with Gasteiger partial charge in [-0.1, -0.05) is 0 Å². The fourth-order valence-electron chi connectivity index (χ4n) is 1.36. The number of methoxy groups -OCH3 is 1. The summed E-state index contributed by atoms with van der Waals surface area (Å²) in [5, 5.41) is 2.80. The monoisotopic (exact) mass is 252 g/mol. The highest BCUT2D eigenvalue weighted by atomic mass is 16.5. The van der Waals surface area contributed by atoms with Gasteiger partial charge in [0.15, 0.2) is 0 Å². The SMILES string of the molecule is COCCOc1ccc(NC(=O)CCCN)cc1. The Balaban J connectivity index is 2.37. The highest BCUT2D eigenvalue weighted by Gasteiger charge is 2.01. The Morgan fingerprint density at radius 1 is 1.28 bits per heavy atom. The summed E-state index contributed by atoms with van der Waals surface area (Å²) in [6.07, 6.45) is 1.15. The average Bonchev–Trinajstić information content (AvgIpc) is 2.39. The maximum absolute atomic E-state index is 11.5. The minimum atomic E-state index is -0.0199. The molecule has 1 rings (SSSR count). The molecule has 0 fully saturated rings. The van der Waals surface area contributed by atoms with Crippen LogP contribution in [0.1, 0.15) is 12.8 Å². The van der Waals surface area contributed by atoms with Crippen molar-refractivity contribution in [2.24, 2.45) is 5.73 Å². The second kappa shape index (κ2) is 8.49. The van der Waals surface area contributed by atoms with Crippen molar-refractivity contribution in [3.8, 4) is 5.75 Å². The topological polar surface area (TPSA) is 73.6 Å². The molecule has 0 aromatic heterocycles. The van der Waals surface area contributed by atoms with Crippen molar-refractivity contribution in [2.75, 3.05) is 32.2 Å². The molecular weight excluding hydrogens is 232 g/mol. The molecule has 0 atom stereocenters. The van der Waals surface area contributed by atoms with Gasteiger partial charge in [-0.15, -0.1) is 0 Å². The molecule has 0 heterocycles. The van der Waals surface area contributed by atoms with Gasteiger partial charge >= 0.3 is 0 Å².